The van der Waals surface area contributed by atoms with Crippen LogP contribution in [-0.2, 0) is 4.74 Å². The third-order valence-corrected chi connectivity index (χ3v) is 3.29. The van der Waals surface area contributed by atoms with Gasteiger partial charge in [-0.1, -0.05) is 0 Å². The molecule has 2 aliphatic heterocycles. The predicted molar refractivity (Wildman–Crippen MR) is 70.1 cm³/mol. The third-order valence-electron chi connectivity index (χ3n) is 3.29. The molecule has 19 heavy (non-hydrogen) atoms. The lowest BCUT2D eigenvalue weighted by atomic mass is 10.2. The van der Waals surface area contributed by atoms with E-state index in [0.717, 1.165) is 25.9 Å². The molecule has 0 saturated carbocycles. The van der Waals surface area contributed by atoms with Gasteiger partial charge >= 0.3 is 6.01 Å². The molecule has 2 N–H and O–H groups in total. The zero-order valence-electron chi connectivity index (χ0n) is 11.2. The largest absolute Gasteiger partial charge is 0.461 e. The molecule has 1 aromatic rings. The molecule has 3 heterocycles. The summed E-state index contributed by atoms with van der Waals surface area (Å²) in [5.41, 5.74) is 5.73. The van der Waals surface area contributed by atoms with E-state index in [1.165, 1.54) is 0 Å². The lowest BCUT2D eigenvalue weighted by Crippen LogP contribution is -2.43. The van der Waals surface area contributed by atoms with Crippen LogP contribution in [0.1, 0.15) is 26.7 Å². The molecule has 1 aromatic heterocycles. The summed E-state index contributed by atoms with van der Waals surface area (Å²) in [6.07, 6.45) is 2.79. The van der Waals surface area contributed by atoms with E-state index in [4.69, 9.17) is 15.2 Å². The monoisotopic (exact) mass is 265 g/mol. The van der Waals surface area contributed by atoms with Gasteiger partial charge in [0.15, 0.2) is 0 Å². The third kappa shape index (κ3) is 2.70. The Balaban J connectivity index is 1.81. The molecule has 7 heteroatoms. The molecule has 0 spiro atoms. The summed E-state index contributed by atoms with van der Waals surface area (Å²) >= 11 is 0. The van der Waals surface area contributed by atoms with Gasteiger partial charge < -0.3 is 20.1 Å². The second-order valence-corrected chi connectivity index (χ2v) is 5.31. The van der Waals surface area contributed by atoms with Crippen LogP contribution in [0.4, 0.5) is 11.9 Å². The van der Waals surface area contributed by atoms with Crippen molar-refractivity contribution in [3.63, 3.8) is 0 Å². The van der Waals surface area contributed by atoms with Crippen LogP contribution in [0.25, 0.3) is 0 Å². The normalized spacial score (nSPS) is 25.9. The summed E-state index contributed by atoms with van der Waals surface area (Å²) < 4.78 is 11.3. The van der Waals surface area contributed by atoms with E-state index in [2.05, 4.69) is 19.9 Å². The average Bonchev–Trinajstić information content (AvgIpc) is 2.66. The van der Waals surface area contributed by atoms with Crippen molar-refractivity contribution >= 4 is 11.9 Å². The zero-order chi connectivity index (χ0) is 13.4. The Bertz CT molecular complexity index is 455. The number of rotatable bonds is 3. The van der Waals surface area contributed by atoms with Gasteiger partial charge in [-0.25, -0.2) is 0 Å². The Labute approximate surface area is 112 Å². The molecule has 3 rings (SSSR count). The summed E-state index contributed by atoms with van der Waals surface area (Å²) in [5.74, 6) is 0.780. The number of fused-ring (bicyclic) bond motifs is 2. The van der Waals surface area contributed by atoms with E-state index in [1.54, 1.807) is 0 Å². The van der Waals surface area contributed by atoms with Crippen LogP contribution in [0.5, 0.6) is 6.01 Å². The topological polar surface area (TPSA) is 86.4 Å². The highest BCUT2D eigenvalue weighted by Crippen LogP contribution is 2.28. The Morgan fingerprint density at radius 2 is 1.89 bits per heavy atom. The molecule has 2 unspecified atom stereocenters. The summed E-state index contributed by atoms with van der Waals surface area (Å²) in [4.78, 5) is 14.7. The van der Waals surface area contributed by atoms with Crippen molar-refractivity contribution in [3.8, 4) is 6.01 Å². The quantitative estimate of drug-likeness (QED) is 0.856. The van der Waals surface area contributed by atoms with E-state index in [9.17, 15) is 0 Å². The van der Waals surface area contributed by atoms with Crippen molar-refractivity contribution in [1.82, 2.24) is 15.0 Å². The van der Waals surface area contributed by atoms with Crippen molar-refractivity contribution in [2.24, 2.45) is 0 Å². The minimum atomic E-state index is 0.00974. The lowest BCUT2D eigenvalue weighted by Gasteiger charge is -2.32. The van der Waals surface area contributed by atoms with Gasteiger partial charge in [-0.2, -0.15) is 15.0 Å². The summed E-state index contributed by atoms with van der Waals surface area (Å²) in [7, 11) is 0. The minimum Gasteiger partial charge on any atom is -0.461 e. The van der Waals surface area contributed by atoms with Gasteiger partial charge in [-0.15, -0.1) is 0 Å². The van der Waals surface area contributed by atoms with E-state index < -0.39 is 0 Å². The van der Waals surface area contributed by atoms with Crippen LogP contribution >= 0.6 is 0 Å². The Morgan fingerprint density at radius 3 is 2.53 bits per heavy atom. The number of nitrogens with two attached hydrogens (primary N) is 1. The fourth-order valence-electron chi connectivity index (χ4n) is 2.54. The summed E-state index contributed by atoms with van der Waals surface area (Å²) in [6.45, 7) is 5.46. The molecule has 0 aromatic carbocycles. The smallest absolute Gasteiger partial charge is 0.323 e. The van der Waals surface area contributed by atoms with Crippen LogP contribution in [-0.4, -0.2) is 46.4 Å². The Morgan fingerprint density at radius 1 is 1.21 bits per heavy atom. The fraction of sp³-hybridized carbons (Fsp3) is 0.750. The number of hydrogen-bond donors (Lipinski definition) is 1. The molecule has 2 fully saturated rings. The SMILES string of the molecule is CC(C)Oc1nc(N)nc(N2CC3CCC(C2)O3)n1. The minimum absolute atomic E-state index is 0.00974. The van der Waals surface area contributed by atoms with Crippen LogP contribution < -0.4 is 15.4 Å². The molecule has 0 aliphatic carbocycles. The van der Waals surface area contributed by atoms with E-state index in [-0.39, 0.29) is 30.3 Å². The van der Waals surface area contributed by atoms with Crippen LogP contribution in [0.2, 0.25) is 0 Å². The van der Waals surface area contributed by atoms with Gasteiger partial charge in [-0.3, -0.25) is 0 Å². The van der Waals surface area contributed by atoms with Gasteiger partial charge in [-0.05, 0) is 26.7 Å². The maximum atomic E-state index is 5.80. The van der Waals surface area contributed by atoms with Crippen LogP contribution in [0.3, 0.4) is 0 Å². The van der Waals surface area contributed by atoms with Crippen molar-refractivity contribution < 1.29 is 9.47 Å². The van der Waals surface area contributed by atoms with Crippen molar-refractivity contribution in [3.05, 3.63) is 0 Å². The molecule has 7 nitrogen and oxygen atoms in total. The number of anilines is 2. The maximum Gasteiger partial charge on any atom is 0.323 e. The van der Waals surface area contributed by atoms with Crippen LogP contribution in [0.15, 0.2) is 0 Å². The number of nitrogen functional groups attached to an aromatic ring is 1. The Hall–Kier alpha value is -1.63. The molecule has 0 amide bonds. The molecular weight excluding hydrogens is 246 g/mol. The first-order valence-corrected chi connectivity index (χ1v) is 6.69. The van der Waals surface area contributed by atoms with Gasteiger partial charge in [0.1, 0.15) is 0 Å². The zero-order valence-corrected chi connectivity index (χ0v) is 11.2. The maximum absolute atomic E-state index is 5.80. The van der Waals surface area contributed by atoms with Crippen molar-refractivity contribution in [2.45, 2.75) is 45.0 Å². The Kier molecular flexibility index (Phi) is 3.14. The van der Waals surface area contributed by atoms with Crippen molar-refractivity contribution in [1.29, 1.82) is 0 Å². The average molecular weight is 265 g/mol. The molecular formula is C12H19N5O2. The van der Waals surface area contributed by atoms with Crippen molar-refractivity contribution in [2.75, 3.05) is 23.7 Å². The van der Waals surface area contributed by atoms with Gasteiger partial charge in [0.2, 0.25) is 11.9 Å². The highest BCUT2D eigenvalue weighted by molar-refractivity contribution is 5.37. The highest BCUT2D eigenvalue weighted by Gasteiger charge is 2.35. The van der Waals surface area contributed by atoms with Crippen LogP contribution in [0, 0.1) is 0 Å². The first-order valence-electron chi connectivity index (χ1n) is 6.69. The lowest BCUT2D eigenvalue weighted by molar-refractivity contribution is 0.0298. The molecule has 2 atom stereocenters. The first kappa shape index (κ1) is 12.4. The number of ether oxygens (including phenoxy) is 2. The molecule has 2 bridgehead atoms. The van der Waals surface area contributed by atoms with Gasteiger partial charge in [0, 0.05) is 13.1 Å². The standard InChI is InChI=1S/C12H19N5O2/c1-7(2)18-12-15-10(13)14-11(16-12)17-5-8-3-4-9(6-17)19-8/h7-9H,3-6H2,1-2H3,(H2,13,14,15,16). The number of morpholine rings is 1. The second kappa shape index (κ2) is 4.80. The molecule has 2 saturated heterocycles. The number of hydrogen-bond acceptors (Lipinski definition) is 7. The summed E-state index contributed by atoms with van der Waals surface area (Å²) in [6, 6.07) is 0.288. The second-order valence-electron chi connectivity index (χ2n) is 5.31. The molecule has 104 valence electrons. The van der Waals surface area contributed by atoms with E-state index >= 15 is 0 Å². The highest BCUT2D eigenvalue weighted by atomic mass is 16.5. The summed E-state index contributed by atoms with van der Waals surface area (Å²) in [5, 5.41) is 0. The van der Waals surface area contributed by atoms with E-state index in [0.29, 0.717) is 5.95 Å². The van der Waals surface area contributed by atoms with Gasteiger partial charge in [0.05, 0.1) is 18.3 Å². The van der Waals surface area contributed by atoms with E-state index in [1.807, 2.05) is 13.8 Å². The molecule has 2 aliphatic rings. The fourth-order valence-corrected chi connectivity index (χ4v) is 2.54. The first-order chi connectivity index (χ1) is 9.10. The predicted octanol–water partition coefficient (Wildman–Crippen LogP) is 0.609. The number of nitrogens with zero attached hydrogens (tertiary/aromatic N) is 4. The van der Waals surface area contributed by atoms with Gasteiger partial charge in [0.25, 0.3) is 0 Å². The number of aromatic nitrogens is 3. The molecule has 0 radical (unpaired) electrons.